The molecule has 1 aliphatic rings. The molecule has 21 heavy (non-hydrogen) atoms. The largest absolute Gasteiger partial charge is 0.497 e. The molecule has 1 fully saturated rings. The molecule has 0 radical (unpaired) electrons. The third-order valence-electron chi connectivity index (χ3n) is 3.80. The molecule has 1 aliphatic heterocycles. The van der Waals surface area contributed by atoms with E-state index in [2.05, 4.69) is 15.9 Å². The van der Waals surface area contributed by atoms with Gasteiger partial charge in [-0.15, -0.1) is 0 Å². The first-order valence-electron chi connectivity index (χ1n) is 6.89. The average Bonchev–Trinajstić information content (AvgIpc) is 3.15. The summed E-state index contributed by atoms with van der Waals surface area (Å²) in [7, 11) is 1.65. The predicted molar refractivity (Wildman–Crippen MR) is 82.4 cm³/mol. The molecule has 2 heterocycles. The highest BCUT2D eigenvalue weighted by Gasteiger charge is 2.31. The topological polar surface area (TPSA) is 42.7 Å². The Bertz CT molecular complexity index is 635. The molecule has 0 bridgehead atoms. The van der Waals surface area contributed by atoms with Crippen molar-refractivity contribution >= 4 is 21.8 Å². The maximum atomic E-state index is 12.6. The Balaban J connectivity index is 1.83. The fourth-order valence-corrected chi connectivity index (χ4v) is 3.06. The van der Waals surface area contributed by atoms with Crippen molar-refractivity contribution in [2.45, 2.75) is 18.9 Å². The van der Waals surface area contributed by atoms with E-state index >= 15 is 0 Å². The van der Waals surface area contributed by atoms with Crippen LogP contribution in [0.25, 0.3) is 0 Å². The van der Waals surface area contributed by atoms with Crippen LogP contribution in [0.3, 0.4) is 0 Å². The molecule has 110 valence electrons. The van der Waals surface area contributed by atoms with E-state index in [0.29, 0.717) is 10.4 Å². The lowest BCUT2D eigenvalue weighted by Gasteiger charge is -2.24. The summed E-state index contributed by atoms with van der Waals surface area (Å²) in [5.41, 5.74) is 1.13. The SMILES string of the molecule is COc1ccc([C@@H]2CCCN2C(=O)c2ccc(Br)o2)cc1. The Labute approximate surface area is 131 Å². The predicted octanol–water partition coefficient (Wildman–Crippen LogP) is 4.03. The van der Waals surface area contributed by atoms with Crippen molar-refractivity contribution in [3.63, 3.8) is 0 Å². The van der Waals surface area contributed by atoms with Crippen LogP contribution in [-0.4, -0.2) is 24.5 Å². The zero-order valence-electron chi connectivity index (χ0n) is 11.7. The van der Waals surface area contributed by atoms with E-state index in [1.807, 2.05) is 29.2 Å². The monoisotopic (exact) mass is 349 g/mol. The number of likely N-dealkylation sites (tertiary alicyclic amines) is 1. The Kier molecular flexibility index (Phi) is 4.01. The average molecular weight is 350 g/mol. The summed E-state index contributed by atoms with van der Waals surface area (Å²) >= 11 is 3.23. The highest BCUT2D eigenvalue weighted by atomic mass is 79.9. The van der Waals surface area contributed by atoms with Crippen LogP contribution in [0.5, 0.6) is 5.75 Å². The second-order valence-electron chi connectivity index (χ2n) is 5.03. The molecular weight excluding hydrogens is 334 g/mol. The van der Waals surface area contributed by atoms with Crippen LogP contribution in [-0.2, 0) is 0 Å². The van der Waals surface area contributed by atoms with Gasteiger partial charge < -0.3 is 14.1 Å². The Hall–Kier alpha value is -1.75. The molecule has 0 saturated carbocycles. The van der Waals surface area contributed by atoms with Crippen molar-refractivity contribution < 1.29 is 13.9 Å². The molecule has 4 nitrogen and oxygen atoms in total. The summed E-state index contributed by atoms with van der Waals surface area (Å²) in [4.78, 5) is 14.4. The van der Waals surface area contributed by atoms with E-state index in [4.69, 9.17) is 9.15 Å². The molecule has 2 aromatic rings. The summed E-state index contributed by atoms with van der Waals surface area (Å²) in [6.07, 6.45) is 1.98. The van der Waals surface area contributed by atoms with Gasteiger partial charge in [-0.3, -0.25) is 4.79 Å². The van der Waals surface area contributed by atoms with Gasteiger partial charge in [0, 0.05) is 6.54 Å². The smallest absolute Gasteiger partial charge is 0.290 e. The highest BCUT2D eigenvalue weighted by Crippen LogP contribution is 2.34. The number of rotatable bonds is 3. The van der Waals surface area contributed by atoms with E-state index in [-0.39, 0.29) is 11.9 Å². The van der Waals surface area contributed by atoms with Crippen LogP contribution in [0.4, 0.5) is 0 Å². The zero-order chi connectivity index (χ0) is 14.8. The third-order valence-corrected chi connectivity index (χ3v) is 4.22. The van der Waals surface area contributed by atoms with Crippen LogP contribution in [0.2, 0.25) is 0 Å². The standard InChI is InChI=1S/C16H16BrNO3/c1-20-12-6-4-11(5-7-12)13-3-2-10-18(13)16(19)14-8-9-15(17)21-14/h4-9,13H,2-3,10H2,1H3/t13-/m0/s1. The van der Waals surface area contributed by atoms with Crippen LogP contribution >= 0.6 is 15.9 Å². The minimum Gasteiger partial charge on any atom is -0.497 e. The number of amides is 1. The molecule has 0 unspecified atom stereocenters. The number of furan rings is 1. The number of benzene rings is 1. The van der Waals surface area contributed by atoms with E-state index in [1.165, 1.54) is 0 Å². The first kappa shape index (κ1) is 14.2. The van der Waals surface area contributed by atoms with Crippen LogP contribution in [0.15, 0.2) is 45.5 Å². The number of hydrogen-bond donors (Lipinski definition) is 0. The second-order valence-corrected chi connectivity index (χ2v) is 5.82. The van der Waals surface area contributed by atoms with Crippen molar-refractivity contribution in [2.75, 3.05) is 13.7 Å². The Morgan fingerprint density at radius 1 is 1.29 bits per heavy atom. The first-order valence-corrected chi connectivity index (χ1v) is 7.68. The van der Waals surface area contributed by atoms with Gasteiger partial charge >= 0.3 is 0 Å². The molecule has 5 heteroatoms. The number of carbonyl (C=O) groups excluding carboxylic acids is 1. The lowest BCUT2D eigenvalue weighted by molar-refractivity contribution is 0.0702. The van der Waals surface area contributed by atoms with Gasteiger partial charge in [0.1, 0.15) is 5.75 Å². The van der Waals surface area contributed by atoms with Crippen molar-refractivity contribution in [1.82, 2.24) is 4.90 Å². The fraction of sp³-hybridized carbons (Fsp3) is 0.312. The van der Waals surface area contributed by atoms with Gasteiger partial charge in [-0.05, 0) is 58.6 Å². The quantitative estimate of drug-likeness (QED) is 0.840. The van der Waals surface area contributed by atoms with Crippen LogP contribution in [0, 0.1) is 0 Å². The second kappa shape index (κ2) is 5.93. The molecule has 3 rings (SSSR count). The molecule has 0 spiro atoms. The lowest BCUT2D eigenvalue weighted by Crippen LogP contribution is -2.30. The number of hydrogen-bond acceptors (Lipinski definition) is 3. The molecule has 1 aromatic heterocycles. The van der Waals surface area contributed by atoms with Gasteiger partial charge in [-0.2, -0.15) is 0 Å². The van der Waals surface area contributed by atoms with Crippen molar-refractivity contribution in [2.24, 2.45) is 0 Å². The van der Waals surface area contributed by atoms with Gasteiger partial charge in [-0.25, -0.2) is 0 Å². The third kappa shape index (κ3) is 2.83. The van der Waals surface area contributed by atoms with Gasteiger partial charge in [0.2, 0.25) is 0 Å². The highest BCUT2D eigenvalue weighted by molar-refractivity contribution is 9.10. The normalized spacial score (nSPS) is 18.0. The molecule has 0 aliphatic carbocycles. The first-order chi connectivity index (χ1) is 10.2. The van der Waals surface area contributed by atoms with Gasteiger partial charge in [-0.1, -0.05) is 12.1 Å². The minimum atomic E-state index is -0.0565. The summed E-state index contributed by atoms with van der Waals surface area (Å²) in [6, 6.07) is 11.5. The number of methoxy groups -OCH3 is 1. The molecule has 1 saturated heterocycles. The van der Waals surface area contributed by atoms with Crippen LogP contribution in [0.1, 0.15) is 35.0 Å². The Morgan fingerprint density at radius 3 is 2.67 bits per heavy atom. The van der Waals surface area contributed by atoms with Gasteiger partial charge in [0.05, 0.1) is 13.2 Å². The van der Waals surface area contributed by atoms with Crippen molar-refractivity contribution in [3.05, 3.63) is 52.4 Å². The summed E-state index contributed by atoms with van der Waals surface area (Å²) < 4.78 is 11.1. The van der Waals surface area contributed by atoms with Crippen molar-refractivity contribution in [3.8, 4) is 5.75 Å². The summed E-state index contributed by atoms with van der Waals surface area (Å²) in [5.74, 6) is 1.14. The van der Waals surface area contributed by atoms with E-state index in [0.717, 1.165) is 30.7 Å². The van der Waals surface area contributed by atoms with Gasteiger partial charge in [0.25, 0.3) is 5.91 Å². The molecule has 0 N–H and O–H groups in total. The number of halogens is 1. The van der Waals surface area contributed by atoms with Gasteiger partial charge in [0.15, 0.2) is 10.4 Å². The van der Waals surface area contributed by atoms with Crippen LogP contribution < -0.4 is 4.74 Å². The van der Waals surface area contributed by atoms with Crippen molar-refractivity contribution in [1.29, 1.82) is 0 Å². The number of nitrogens with zero attached hydrogens (tertiary/aromatic N) is 1. The van der Waals surface area contributed by atoms with E-state index < -0.39 is 0 Å². The zero-order valence-corrected chi connectivity index (χ0v) is 13.3. The maximum Gasteiger partial charge on any atom is 0.290 e. The molecule has 1 atom stereocenters. The van der Waals surface area contributed by atoms with E-state index in [1.54, 1.807) is 19.2 Å². The molecule has 1 aromatic carbocycles. The maximum absolute atomic E-state index is 12.6. The number of carbonyl (C=O) groups is 1. The Morgan fingerprint density at radius 2 is 2.05 bits per heavy atom. The lowest BCUT2D eigenvalue weighted by atomic mass is 10.0. The molecular formula is C16H16BrNO3. The fourth-order valence-electron chi connectivity index (χ4n) is 2.75. The summed E-state index contributed by atoms with van der Waals surface area (Å²) in [6.45, 7) is 0.758. The van der Waals surface area contributed by atoms with E-state index in [9.17, 15) is 4.79 Å². The minimum absolute atomic E-state index is 0.0565. The molecule has 1 amide bonds. The summed E-state index contributed by atoms with van der Waals surface area (Å²) in [5, 5.41) is 0. The number of ether oxygens (including phenoxy) is 1.